The largest absolute Gasteiger partial charge is 0.492 e. The molecular weight excluding hydrogens is 296 g/mol. The summed E-state index contributed by atoms with van der Waals surface area (Å²) in [6.07, 6.45) is 1.08. The molecule has 0 aliphatic carbocycles. The van der Waals surface area contributed by atoms with E-state index in [4.69, 9.17) is 10.5 Å². The average Bonchev–Trinajstić information content (AvgIpc) is 2.30. The number of nitrogens with two attached hydrogens (primary N) is 1. The molecule has 0 heterocycles. The van der Waals surface area contributed by atoms with Crippen molar-refractivity contribution in [3.8, 4) is 5.75 Å². The van der Waals surface area contributed by atoms with E-state index in [0.717, 1.165) is 4.47 Å². The fourth-order valence-corrected chi connectivity index (χ4v) is 1.81. The minimum atomic E-state index is -0.0497. The highest BCUT2D eigenvalue weighted by atomic mass is 79.9. The first-order valence-electron chi connectivity index (χ1n) is 6.00. The van der Waals surface area contributed by atoms with Crippen LogP contribution >= 0.6 is 15.9 Å². The highest BCUT2D eigenvalue weighted by Crippen LogP contribution is 2.28. The number of hydrogen-bond acceptors (Lipinski definition) is 3. The van der Waals surface area contributed by atoms with Gasteiger partial charge in [-0.05, 0) is 38.5 Å². The predicted molar refractivity (Wildman–Crippen MR) is 76.8 cm³/mol. The van der Waals surface area contributed by atoms with E-state index in [2.05, 4.69) is 21.2 Å². The van der Waals surface area contributed by atoms with Gasteiger partial charge in [-0.1, -0.05) is 15.9 Å². The van der Waals surface area contributed by atoms with Gasteiger partial charge in [-0.15, -0.1) is 0 Å². The second-order valence-electron chi connectivity index (χ2n) is 4.14. The highest BCUT2D eigenvalue weighted by Gasteiger charge is 2.09. The van der Waals surface area contributed by atoms with E-state index in [1.54, 1.807) is 0 Å². The Balaban J connectivity index is 2.69. The smallest absolute Gasteiger partial charge is 0.224 e. The lowest BCUT2D eigenvalue weighted by Crippen LogP contribution is -2.19. The van der Waals surface area contributed by atoms with Crippen LogP contribution in [0.3, 0.4) is 0 Å². The zero-order chi connectivity index (χ0) is 13.5. The number of carbonyl (C=O) groups excluding carboxylic acids is 1. The van der Waals surface area contributed by atoms with E-state index in [-0.39, 0.29) is 11.9 Å². The lowest BCUT2D eigenvalue weighted by Gasteiger charge is -2.12. The van der Waals surface area contributed by atoms with E-state index in [1.807, 2.05) is 32.0 Å². The molecule has 0 aliphatic heterocycles. The number of amides is 1. The van der Waals surface area contributed by atoms with Gasteiger partial charge in [-0.2, -0.15) is 0 Å². The fourth-order valence-electron chi connectivity index (χ4n) is 1.45. The van der Waals surface area contributed by atoms with E-state index >= 15 is 0 Å². The maximum atomic E-state index is 11.7. The molecule has 3 N–H and O–H groups in total. The molecule has 0 aromatic heterocycles. The molecule has 18 heavy (non-hydrogen) atoms. The zero-order valence-corrected chi connectivity index (χ0v) is 12.3. The van der Waals surface area contributed by atoms with Crippen molar-refractivity contribution >= 4 is 27.5 Å². The molecule has 0 spiro atoms. The number of halogens is 1. The first kappa shape index (κ1) is 15.0. The number of rotatable bonds is 6. The van der Waals surface area contributed by atoms with Crippen LogP contribution in [0, 0.1) is 0 Å². The van der Waals surface area contributed by atoms with Gasteiger partial charge < -0.3 is 15.8 Å². The van der Waals surface area contributed by atoms with Crippen LogP contribution in [-0.2, 0) is 4.79 Å². The van der Waals surface area contributed by atoms with Gasteiger partial charge in [0.05, 0.1) is 12.3 Å². The first-order valence-corrected chi connectivity index (χ1v) is 6.80. The van der Waals surface area contributed by atoms with Crippen molar-refractivity contribution in [2.45, 2.75) is 32.7 Å². The molecule has 5 heteroatoms. The summed E-state index contributed by atoms with van der Waals surface area (Å²) in [6, 6.07) is 5.57. The molecule has 100 valence electrons. The number of benzene rings is 1. The number of carbonyl (C=O) groups is 1. The van der Waals surface area contributed by atoms with Crippen molar-refractivity contribution in [1.82, 2.24) is 0 Å². The molecule has 4 nitrogen and oxygen atoms in total. The van der Waals surface area contributed by atoms with Crippen molar-refractivity contribution < 1.29 is 9.53 Å². The van der Waals surface area contributed by atoms with Crippen LogP contribution in [0.25, 0.3) is 0 Å². The van der Waals surface area contributed by atoms with Crippen LogP contribution in [0.1, 0.15) is 26.7 Å². The Hall–Kier alpha value is -1.07. The van der Waals surface area contributed by atoms with Crippen LogP contribution in [-0.4, -0.2) is 18.6 Å². The van der Waals surface area contributed by atoms with Gasteiger partial charge in [0, 0.05) is 16.9 Å². The topological polar surface area (TPSA) is 64.3 Å². The molecule has 0 saturated heterocycles. The Labute approximate surface area is 116 Å². The van der Waals surface area contributed by atoms with Crippen molar-refractivity contribution in [2.75, 3.05) is 11.9 Å². The number of nitrogens with one attached hydrogen (secondary N) is 1. The molecule has 0 radical (unpaired) electrons. The predicted octanol–water partition coefficient (Wildman–Crippen LogP) is 2.91. The molecule has 1 aromatic rings. The van der Waals surface area contributed by atoms with Gasteiger partial charge >= 0.3 is 0 Å². The minimum absolute atomic E-state index is 0.0321. The third-order valence-corrected chi connectivity index (χ3v) is 2.84. The summed E-state index contributed by atoms with van der Waals surface area (Å²) >= 11 is 3.37. The summed E-state index contributed by atoms with van der Waals surface area (Å²) in [6.45, 7) is 4.35. The SMILES string of the molecule is CCOc1ccc(Br)cc1NC(=O)CCC(C)N. The number of ether oxygens (including phenoxy) is 1. The summed E-state index contributed by atoms with van der Waals surface area (Å²) in [5.74, 6) is 0.626. The van der Waals surface area contributed by atoms with Gasteiger partial charge in [0.25, 0.3) is 0 Å². The lowest BCUT2D eigenvalue weighted by molar-refractivity contribution is -0.116. The summed E-state index contributed by atoms with van der Waals surface area (Å²) in [5.41, 5.74) is 6.30. The van der Waals surface area contributed by atoms with Gasteiger partial charge in [-0.3, -0.25) is 4.79 Å². The van der Waals surface area contributed by atoms with Gasteiger partial charge in [0.2, 0.25) is 5.91 Å². The summed E-state index contributed by atoms with van der Waals surface area (Å²) in [5, 5.41) is 2.84. The Morgan fingerprint density at radius 2 is 2.28 bits per heavy atom. The monoisotopic (exact) mass is 314 g/mol. The lowest BCUT2D eigenvalue weighted by atomic mass is 10.2. The fraction of sp³-hybridized carbons (Fsp3) is 0.462. The van der Waals surface area contributed by atoms with Gasteiger partial charge in [0.1, 0.15) is 5.75 Å². The molecule has 1 aromatic carbocycles. The average molecular weight is 315 g/mol. The standard InChI is InChI=1S/C13H19BrN2O2/c1-3-18-12-6-5-10(14)8-11(12)16-13(17)7-4-9(2)15/h5-6,8-9H,3-4,7,15H2,1-2H3,(H,16,17). The van der Waals surface area contributed by atoms with Crippen LogP contribution in [0.5, 0.6) is 5.75 Å². The second-order valence-corrected chi connectivity index (χ2v) is 5.05. The Bertz CT molecular complexity index is 408. The number of hydrogen-bond donors (Lipinski definition) is 2. The molecule has 1 unspecified atom stereocenters. The molecular formula is C13H19BrN2O2. The Morgan fingerprint density at radius 3 is 2.89 bits per heavy atom. The van der Waals surface area contributed by atoms with Crippen LogP contribution in [0.2, 0.25) is 0 Å². The highest BCUT2D eigenvalue weighted by molar-refractivity contribution is 9.10. The second kappa shape index (κ2) is 7.38. The Kier molecular flexibility index (Phi) is 6.15. The van der Waals surface area contributed by atoms with Crippen LogP contribution in [0.4, 0.5) is 5.69 Å². The zero-order valence-electron chi connectivity index (χ0n) is 10.7. The van der Waals surface area contributed by atoms with Gasteiger partial charge in [0.15, 0.2) is 0 Å². The van der Waals surface area contributed by atoms with Crippen molar-refractivity contribution in [1.29, 1.82) is 0 Å². The minimum Gasteiger partial charge on any atom is -0.492 e. The molecule has 1 atom stereocenters. The summed E-state index contributed by atoms with van der Waals surface area (Å²) in [4.78, 5) is 11.7. The molecule has 1 amide bonds. The molecule has 0 saturated carbocycles. The summed E-state index contributed by atoms with van der Waals surface area (Å²) < 4.78 is 6.35. The van der Waals surface area contributed by atoms with Crippen molar-refractivity contribution in [3.05, 3.63) is 22.7 Å². The molecule has 0 fully saturated rings. The van der Waals surface area contributed by atoms with Gasteiger partial charge in [-0.25, -0.2) is 0 Å². The van der Waals surface area contributed by atoms with E-state index in [9.17, 15) is 4.79 Å². The summed E-state index contributed by atoms with van der Waals surface area (Å²) in [7, 11) is 0. The van der Waals surface area contributed by atoms with Crippen molar-refractivity contribution in [3.63, 3.8) is 0 Å². The third-order valence-electron chi connectivity index (χ3n) is 2.34. The van der Waals surface area contributed by atoms with E-state index in [1.165, 1.54) is 0 Å². The molecule has 0 bridgehead atoms. The van der Waals surface area contributed by atoms with Crippen molar-refractivity contribution in [2.24, 2.45) is 5.73 Å². The Morgan fingerprint density at radius 1 is 1.56 bits per heavy atom. The number of anilines is 1. The first-order chi connectivity index (χ1) is 8.52. The van der Waals surface area contributed by atoms with E-state index in [0.29, 0.717) is 30.9 Å². The van der Waals surface area contributed by atoms with Crippen LogP contribution < -0.4 is 15.8 Å². The van der Waals surface area contributed by atoms with Crippen LogP contribution in [0.15, 0.2) is 22.7 Å². The van der Waals surface area contributed by atoms with E-state index < -0.39 is 0 Å². The third kappa shape index (κ3) is 5.06. The maximum absolute atomic E-state index is 11.7. The molecule has 0 aliphatic rings. The quantitative estimate of drug-likeness (QED) is 0.848. The molecule has 1 rings (SSSR count). The maximum Gasteiger partial charge on any atom is 0.224 e. The normalized spacial score (nSPS) is 12.0.